The molecule has 0 bridgehead atoms. The quantitative estimate of drug-likeness (QED) is 0.786. The molecule has 0 spiro atoms. The molecular weight excluding hydrogens is 328 g/mol. The number of nitrogens with zero attached hydrogens (tertiary/aromatic N) is 2. The number of hydrogen-bond donors (Lipinski definition) is 0. The van der Waals surface area contributed by atoms with Gasteiger partial charge in [-0.05, 0) is 25.0 Å². The largest absolute Gasteiger partial charge is 0.401 e. The molecule has 2 aliphatic heterocycles. The first-order valence-corrected chi connectivity index (χ1v) is 7.89. The lowest BCUT2D eigenvalue weighted by Crippen LogP contribution is -2.32. The normalized spacial score (nSPS) is 17.7. The Labute approximate surface area is 142 Å². The molecule has 128 valence electrons. The van der Waals surface area contributed by atoms with E-state index in [1.807, 2.05) is 0 Å². The first kappa shape index (κ1) is 15.5. The average Bonchev–Trinajstić information content (AvgIpc) is 3.23. The molecule has 0 saturated carbocycles. The van der Waals surface area contributed by atoms with Crippen molar-refractivity contribution in [2.75, 3.05) is 13.2 Å². The Bertz CT molecular complexity index is 817. The van der Waals surface area contributed by atoms with E-state index in [1.165, 1.54) is 18.2 Å². The van der Waals surface area contributed by atoms with Gasteiger partial charge in [0.15, 0.2) is 0 Å². The summed E-state index contributed by atoms with van der Waals surface area (Å²) < 4.78 is 10.3. The second-order valence-corrected chi connectivity index (χ2v) is 5.83. The molecule has 1 aromatic heterocycles. The third-order valence-electron chi connectivity index (χ3n) is 4.30. The number of fused-ring (bicyclic) bond motifs is 1. The predicted molar refractivity (Wildman–Crippen MR) is 81.7 cm³/mol. The highest BCUT2D eigenvalue weighted by Crippen LogP contribution is 2.27. The van der Waals surface area contributed by atoms with Crippen molar-refractivity contribution in [2.24, 2.45) is 0 Å². The lowest BCUT2D eigenvalue weighted by molar-refractivity contribution is -0.0607. The minimum atomic E-state index is -0.944. The minimum absolute atomic E-state index is 0.151. The zero-order chi connectivity index (χ0) is 17.4. The summed E-state index contributed by atoms with van der Waals surface area (Å²) in [5.74, 6) is -2.31. The van der Waals surface area contributed by atoms with E-state index in [9.17, 15) is 14.4 Å². The number of hydrogen-bond acceptors (Lipinski definition) is 7. The van der Waals surface area contributed by atoms with Crippen LogP contribution >= 0.6 is 0 Å². The maximum Gasteiger partial charge on any atom is 0.401 e. The fourth-order valence-electron chi connectivity index (χ4n) is 2.95. The van der Waals surface area contributed by atoms with E-state index in [2.05, 4.69) is 5.16 Å². The first-order valence-electron chi connectivity index (χ1n) is 7.89. The topological polar surface area (TPSA) is 98.9 Å². The van der Waals surface area contributed by atoms with Gasteiger partial charge >= 0.3 is 5.97 Å². The monoisotopic (exact) mass is 342 g/mol. The third-order valence-corrected chi connectivity index (χ3v) is 4.30. The number of imide groups is 1. The van der Waals surface area contributed by atoms with Gasteiger partial charge in [0, 0.05) is 25.2 Å². The van der Waals surface area contributed by atoms with Gasteiger partial charge in [-0.1, -0.05) is 22.4 Å². The van der Waals surface area contributed by atoms with E-state index in [0.29, 0.717) is 24.0 Å². The molecule has 8 heteroatoms. The number of aromatic nitrogens is 1. The number of amides is 2. The van der Waals surface area contributed by atoms with Crippen LogP contribution in [0.4, 0.5) is 0 Å². The van der Waals surface area contributed by atoms with Gasteiger partial charge in [-0.25, -0.2) is 4.79 Å². The summed E-state index contributed by atoms with van der Waals surface area (Å²) in [7, 11) is 0. The summed E-state index contributed by atoms with van der Waals surface area (Å²) in [5.41, 5.74) is 1.03. The highest BCUT2D eigenvalue weighted by Gasteiger charge is 2.39. The molecule has 2 amide bonds. The van der Waals surface area contributed by atoms with Crippen molar-refractivity contribution in [3.8, 4) is 0 Å². The standard InChI is InChI=1S/C17H14N2O6/c20-15-11-3-1-2-4-12(11)16(21)19(15)25-17(22)14-9-13(18-24-14)10-5-7-23-8-6-10/h1-4,9-10H,5-8H2. The SMILES string of the molecule is O=C(ON1C(=O)c2ccccc2C1=O)c1cc(C2CCOCC2)no1. The molecule has 25 heavy (non-hydrogen) atoms. The zero-order valence-electron chi connectivity index (χ0n) is 13.1. The molecule has 0 N–H and O–H groups in total. The molecule has 0 atom stereocenters. The predicted octanol–water partition coefficient (Wildman–Crippen LogP) is 1.94. The maximum atomic E-state index is 12.2. The Balaban J connectivity index is 1.49. The van der Waals surface area contributed by atoms with Crippen molar-refractivity contribution in [3.63, 3.8) is 0 Å². The van der Waals surface area contributed by atoms with Gasteiger partial charge in [0.05, 0.1) is 16.8 Å². The van der Waals surface area contributed by atoms with Crippen LogP contribution in [0.5, 0.6) is 0 Å². The molecule has 1 aromatic carbocycles. The van der Waals surface area contributed by atoms with Crippen molar-refractivity contribution in [1.82, 2.24) is 10.2 Å². The molecule has 2 aromatic rings. The summed E-state index contributed by atoms with van der Waals surface area (Å²) in [5, 5.41) is 4.34. The maximum absolute atomic E-state index is 12.2. The van der Waals surface area contributed by atoms with Crippen LogP contribution in [0.15, 0.2) is 34.9 Å². The minimum Gasteiger partial charge on any atom is -0.381 e. The van der Waals surface area contributed by atoms with E-state index in [4.69, 9.17) is 14.1 Å². The van der Waals surface area contributed by atoms with Crippen molar-refractivity contribution in [2.45, 2.75) is 18.8 Å². The van der Waals surface area contributed by atoms with Crippen molar-refractivity contribution in [3.05, 3.63) is 52.9 Å². The number of hydroxylamine groups is 2. The number of carbonyl (C=O) groups excluding carboxylic acids is 3. The lowest BCUT2D eigenvalue weighted by atomic mass is 9.96. The Hall–Kier alpha value is -3.00. The van der Waals surface area contributed by atoms with Crippen LogP contribution in [0.25, 0.3) is 0 Å². The Morgan fingerprint density at radius 3 is 2.40 bits per heavy atom. The van der Waals surface area contributed by atoms with Gasteiger partial charge in [0.25, 0.3) is 11.8 Å². The summed E-state index contributed by atoms with van der Waals surface area (Å²) >= 11 is 0. The second kappa shape index (κ2) is 6.14. The fraction of sp³-hybridized carbons (Fsp3) is 0.294. The summed E-state index contributed by atoms with van der Waals surface area (Å²) in [4.78, 5) is 41.5. The van der Waals surface area contributed by atoms with Crippen LogP contribution in [0, 0.1) is 0 Å². The van der Waals surface area contributed by atoms with Gasteiger partial charge in [-0.2, -0.15) is 0 Å². The molecule has 3 heterocycles. The van der Waals surface area contributed by atoms with E-state index in [0.717, 1.165) is 12.8 Å². The van der Waals surface area contributed by atoms with Crippen molar-refractivity contribution >= 4 is 17.8 Å². The van der Waals surface area contributed by atoms with Gasteiger partial charge in [0.1, 0.15) is 0 Å². The molecular formula is C17H14N2O6. The summed E-state index contributed by atoms with van der Waals surface area (Å²) in [6, 6.07) is 7.75. The van der Waals surface area contributed by atoms with Gasteiger partial charge in [0.2, 0.25) is 5.76 Å². The van der Waals surface area contributed by atoms with Crippen LogP contribution in [0.1, 0.15) is 55.7 Å². The first-order chi connectivity index (χ1) is 12.1. The smallest absolute Gasteiger partial charge is 0.381 e. The Morgan fingerprint density at radius 2 is 1.76 bits per heavy atom. The highest BCUT2D eigenvalue weighted by molar-refractivity contribution is 6.21. The fourth-order valence-corrected chi connectivity index (χ4v) is 2.95. The van der Waals surface area contributed by atoms with Gasteiger partial charge in [-0.3, -0.25) is 9.59 Å². The van der Waals surface area contributed by atoms with Crippen LogP contribution < -0.4 is 0 Å². The second-order valence-electron chi connectivity index (χ2n) is 5.83. The van der Waals surface area contributed by atoms with Crippen LogP contribution in [-0.2, 0) is 9.57 Å². The average molecular weight is 342 g/mol. The third kappa shape index (κ3) is 2.70. The molecule has 8 nitrogen and oxygen atoms in total. The van der Waals surface area contributed by atoms with Gasteiger partial charge < -0.3 is 14.1 Å². The molecule has 0 aliphatic carbocycles. The molecule has 0 unspecified atom stereocenters. The number of benzene rings is 1. The van der Waals surface area contributed by atoms with E-state index in [1.54, 1.807) is 12.1 Å². The number of rotatable bonds is 3. The Morgan fingerprint density at radius 1 is 1.12 bits per heavy atom. The van der Waals surface area contributed by atoms with Crippen molar-refractivity contribution in [1.29, 1.82) is 0 Å². The zero-order valence-corrected chi connectivity index (χ0v) is 13.1. The summed E-state index contributed by atoms with van der Waals surface area (Å²) in [6.07, 6.45) is 1.58. The molecule has 1 fully saturated rings. The number of carbonyl (C=O) groups is 3. The van der Waals surface area contributed by atoms with Crippen LogP contribution in [0.3, 0.4) is 0 Å². The molecule has 1 saturated heterocycles. The van der Waals surface area contributed by atoms with E-state index < -0.39 is 17.8 Å². The van der Waals surface area contributed by atoms with Crippen LogP contribution in [0.2, 0.25) is 0 Å². The van der Waals surface area contributed by atoms with Crippen LogP contribution in [-0.4, -0.2) is 41.2 Å². The molecule has 4 rings (SSSR count). The highest BCUT2D eigenvalue weighted by atomic mass is 16.7. The van der Waals surface area contributed by atoms with Crippen molar-refractivity contribution < 1.29 is 28.5 Å². The summed E-state index contributed by atoms with van der Waals surface area (Å²) in [6.45, 7) is 1.26. The molecule has 2 aliphatic rings. The number of ether oxygens (including phenoxy) is 1. The van der Waals surface area contributed by atoms with E-state index in [-0.39, 0.29) is 22.8 Å². The van der Waals surface area contributed by atoms with E-state index >= 15 is 0 Å². The van der Waals surface area contributed by atoms with Gasteiger partial charge in [-0.15, -0.1) is 0 Å². The molecule has 0 radical (unpaired) electrons. The lowest BCUT2D eigenvalue weighted by Gasteiger charge is -2.19. The Kier molecular flexibility index (Phi) is 3.81.